The van der Waals surface area contributed by atoms with Gasteiger partial charge in [0, 0.05) is 16.5 Å². The van der Waals surface area contributed by atoms with E-state index in [1.165, 1.54) is 0 Å². The number of oxime groups is 1. The van der Waals surface area contributed by atoms with Crippen LogP contribution in [0.2, 0.25) is 5.02 Å². The molecule has 0 radical (unpaired) electrons. The third-order valence-electron chi connectivity index (χ3n) is 3.35. The molecule has 1 aromatic rings. The summed E-state index contributed by atoms with van der Waals surface area (Å²) in [5.74, 6) is 0.254. The highest BCUT2D eigenvalue weighted by molar-refractivity contribution is 6.30. The average Bonchev–Trinajstić information content (AvgIpc) is 2.37. The minimum atomic E-state index is -0.324. The van der Waals surface area contributed by atoms with Gasteiger partial charge in [-0.25, -0.2) is 0 Å². The number of hydrogen-bond donors (Lipinski definition) is 3. The van der Waals surface area contributed by atoms with Crippen LogP contribution >= 0.6 is 11.6 Å². The highest BCUT2D eigenvalue weighted by atomic mass is 35.5. The first-order valence-electron chi connectivity index (χ1n) is 6.33. The number of nitrogens with two attached hydrogens (primary N) is 1. The summed E-state index contributed by atoms with van der Waals surface area (Å²) in [6.45, 7) is 6.76. The lowest BCUT2D eigenvalue weighted by atomic mass is 9.88. The van der Waals surface area contributed by atoms with Crippen LogP contribution in [0.25, 0.3) is 0 Å². The third-order valence-corrected chi connectivity index (χ3v) is 3.59. The van der Waals surface area contributed by atoms with E-state index in [9.17, 15) is 0 Å². The topological polar surface area (TPSA) is 70.6 Å². The third kappa shape index (κ3) is 4.73. The van der Waals surface area contributed by atoms with Gasteiger partial charge >= 0.3 is 0 Å². The largest absolute Gasteiger partial charge is 0.409 e. The molecule has 106 valence electrons. The van der Waals surface area contributed by atoms with E-state index >= 15 is 0 Å². The molecule has 1 rings (SSSR count). The molecule has 0 spiro atoms. The first kappa shape index (κ1) is 15.8. The van der Waals surface area contributed by atoms with Gasteiger partial charge in [0.25, 0.3) is 0 Å². The van der Waals surface area contributed by atoms with Gasteiger partial charge in [-0.05, 0) is 37.6 Å². The fraction of sp³-hybridized carbons (Fsp3) is 0.500. The Hall–Kier alpha value is -1.26. The molecular weight excluding hydrogens is 262 g/mol. The maximum Gasteiger partial charge on any atom is 0.144 e. The lowest BCUT2D eigenvalue weighted by molar-refractivity contribution is 0.304. The van der Waals surface area contributed by atoms with E-state index in [-0.39, 0.29) is 17.3 Å². The maximum absolute atomic E-state index is 8.72. The van der Waals surface area contributed by atoms with E-state index in [2.05, 4.69) is 17.4 Å². The van der Waals surface area contributed by atoms with Crippen LogP contribution in [0.3, 0.4) is 0 Å². The first-order valence-corrected chi connectivity index (χ1v) is 6.71. The lowest BCUT2D eigenvalue weighted by Gasteiger charge is -2.24. The molecule has 0 aliphatic heterocycles. The Morgan fingerprint density at radius 2 is 2.21 bits per heavy atom. The summed E-state index contributed by atoms with van der Waals surface area (Å²) in [5, 5.41) is 15.9. The number of hydrogen-bond acceptors (Lipinski definition) is 3. The van der Waals surface area contributed by atoms with Crippen LogP contribution in [0.4, 0.5) is 0 Å². The predicted molar refractivity (Wildman–Crippen MR) is 79.7 cm³/mol. The number of rotatable bonds is 6. The molecule has 1 aromatic carbocycles. The Morgan fingerprint density at radius 3 is 2.79 bits per heavy atom. The Labute approximate surface area is 119 Å². The van der Waals surface area contributed by atoms with Gasteiger partial charge in [0.1, 0.15) is 5.84 Å². The van der Waals surface area contributed by atoms with Crippen LogP contribution in [-0.2, 0) is 0 Å². The van der Waals surface area contributed by atoms with Crippen molar-refractivity contribution in [2.75, 3.05) is 6.54 Å². The van der Waals surface area contributed by atoms with Crippen molar-refractivity contribution in [2.45, 2.75) is 33.2 Å². The number of benzene rings is 1. The predicted octanol–water partition coefficient (Wildman–Crippen LogP) is 3.15. The van der Waals surface area contributed by atoms with E-state index in [1.807, 2.05) is 38.1 Å². The van der Waals surface area contributed by atoms with Gasteiger partial charge in [0.2, 0.25) is 0 Å². The summed E-state index contributed by atoms with van der Waals surface area (Å²) in [5.41, 5.74) is 6.48. The van der Waals surface area contributed by atoms with E-state index in [1.54, 1.807) is 0 Å². The minimum absolute atomic E-state index is 0.210. The lowest BCUT2D eigenvalue weighted by Crippen LogP contribution is -2.35. The molecular formula is C14H22ClN3O. The summed E-state index contributed by atoms with van der Waals surface area (Å²) in [4.78, 5) is 0. The van der Waals surface area contributed by atoms with Crippen molar-refractivity contribution >= 4 is 17.4 Å². The molecule has 0 aromatic heterocycles. The molecule has 4 nitrogen and oxygen atoms in total. The van der Waals surface area contributed by atoms with Crippen molar-refractivity contribution < 1.29 is 5.21 Å². The second-order valence-corrected chi connectivity index (χ2v) is 5.79. The van der Waals surface area contributed by atoms with Gasteiger partial charge in [-0.15, -0.1) is 0 Å². The second-order valence-electron chi connectivity index (χ2n) is 5.35. The van der Waals surface area contributed by atoms with Crippen LogP contribution in [-0.4, -0.2) is 17.6 Å². The molecule has 1 atom stereocenters. The normalized spacial score (nSPS) is 14.4. The summed E-state index contributed by atoms with van der Waals surface area (Å²) in [6, 6.07) is 8.00. The van der Waals surface area contributed by atoms with Gasteiger partial charge in [-0.2, -0.15) is 0 Å². The van der Waals surface area contributed by atoms with Crippen molar-refractivity contribution in [1.29, 1.82) is 0 Å². The molecule has 0 amide bonds. The minimum Gasteiger partial charge on any atom is -0.409 e. The van der Waals surface area contributed by atoms with Crippen LogP contribution in [0, 0.1) is 5.41 Å². The van der Waals surface area contributed by atoms with Gasteiger partial charge in [0.15, 0.2) is 0 Å². The van der Waals surface area contributed by atoms with Crippen molar-refractivity contribution in [3.63, 3.8) is 0 Å². The molecule has 0 saturated heterocycles. The number of amidine groups is 1. The van der Waals surface area contributed by atoms with Crippen molar-refractivity contribution in [1.82, 2.24) is 5.32 Å². The highest BCUT2D eigenvalue weighted by Gasteiger charge is 2.23. The van der Waals surface area contributed by atoms with E-state index in [0.717, 1.165) is 23.6 Å². The van der Waals surface area contributed by atoms with Gasteiger partial charge < -0.3 is 16.3 Å². The summed E-state index contributed by atoms with van der Waals surface area (Å²) in [6.07, 6.45) is 0.786. The molecule has 5 heteroatoms. The van der Waals surface area contributed by atoms with Crippen LogP contribution in [0.5, 0.6) is 0 Å². The van der Waals surface area contributed by atoms with E-state index in [4.69, 9.17) is 22.5 Å². The number of nitrogens with zero attached hydrogens (tertiary/aromatic N) is 1. The Morgan fingerprint density at radius 1 is 1.53 bits per heavy atom. The summed E-state index contributed by atoms with van der Waals surface area (Å²) < 4.78 is 0. The molecule has 0 bridgehead atoms. The highest BCUT2D eigenvalue weighted by Crippen LogP contribution is 2.21. The monoisotopic (exact) mass is 283 g/mol. The van der Waals surface area contributed by atoms with E-state index < -0.39 is 0 Å². The van der Waals surface area contributed by atoms with E-state index in [0.29, 0.717) is 0 Å². The fourth-order valence-corrected chi connectivity index (χ4v) is 1.96. The smallest absolute Gasteiger partial charge is 0.144 e. The molecule has 0 saturated carbocycles. The molecule has 19 heavy (non-hydrogen) atoms. The second kappa shape index (κ2) is 6.78. The maximum atomic E-state index is 8.72. The zero-order valence-corrected chi connectivity index (χ0v) is 12.4. The van der Waals surface area contributed by atoms with Crippen molar-refractivity contribution in [3.8, 4) is 0 Å². The first-order chi connectivity index (χ1) is 8.86. The van der Waals surface area contributed by atoms with Gasteiger partial charge in [0.05, 0.1) is 0 Å². The Kier molecular flexibility index (Phi) is 5.63. The summed E-state index contributed by atoms with van der Waals surface area (Å²) in [7, 11) is 0. The van der Waals surface area contributed by atoms with Gasteiger partial charge in [-0.1, -0.05) is 42.7 Å². The van der Waals surface area contributed by atoms with Crippen LogP contribution < -0.4 is 11.1 Å². The molecule has 0 fully saturated rings. The summed E-state index contributed by atoms with van der Waals surface area (Å²) >= 11 is 5.97. The van der Waals surface area contributed by atoms with Crippen molar-refractivity contribution in [2.24, 2.45) is 16.3 Å². The Balaban J connectivity index is 2.50. The molecule has 0 aliphatic carbocycles. The Bertz CT molecular complexity index is 446. The number of halogens is 1. The molecule has 0 unspecified atom stereocenters. The average molecular weight is 284 g/mol. The zero-order valence-electron chi connectivity index (χ0n) is 11.7. The quantitative estimate of drug-likeness (QED) is 0.325. The van der Waals surface area contributed by atoms with Crippen LogP contribution in [0.15, 0.2) is 29.4 Å². The molecule has 0 heterocycles. The van der Waals surface area contributed by atoms with Crippen LogP contribution in [0.1, 0.15) is 38.8 Å². The zero-order chi connectivity index (χ0) is 14.5. The van der Waals surface area contributed by atoms with Crippen molar-refractivity contribution in [3.05, 3.63) is 34.9 Å². The molecule has 0 aliphatic rings. The van der Waals surface area contributed by atoms with Gasteiger partial charge in [-0.3, -0.25) is 0 Å². The standard InChI is InChI=1S/C14H22ClN3O/c1-10(11-5-4-6-12(15)9-11)17-8-7-14(2,3)13(16)18-19/h4-6,9-10,17,19H,7-8H2,1-3H3,(H2,16,18)/t10-/m1/s1. The fourth-order valence-electron chi connectivity index (χ4n) is 1.76. The molecule has 4 N–H and O–H groups in total. The SMILES string of the molecule is C[C@@H](NCCC(C)(C)/C(N)=N/O)c1cccc(Cl)c1. The number of nitrogens with one attached hydrogen (secondary N) is 1.